The molecule has 0 aliphatic heterocycles. The summed E-state index contributed by atoms with van der Waals surface area (Å²) in [5.41, 5.74) is 6.12. The minimum absolute atomic E-state index is 0.152. The Morgan fingerprint density at radius 2 is 2.18 bits per heavy atom. The van der Waals surface area contributed by atoms with Crippen LogP contribution in [0.3, 0.4) is 0 Å². The molecule has 3 N–H and O–H groups in total. The molecule has 0 amide bonds. The highest BCUT2D eigenvalue weighted by molar-refractivity contribution is 7.10. The summed E-state index contributed by atoms with van der Waals surface area (Å²) < 4.78 is 0. The van der Waals surface area contributed by atoms with Crippen molar-refractivity contribution in [2.24, 2.45) is 11.7 Å². The van der Waals surface area contributed by atoms with Gasteiger partial charge in [-0.25, -0.2) is 0 Å². The van der Waals surface area contributed by atoms with Gasteiger partial charge in [-0.1, -0.05) is 39.2 Å². The van der Waals surface area contributed by atoms with Gasteiger partial charge in [-0.15, -0.1) is 11.3 Å². The molecular formula is C14H26N2S. The van der Waals surface area contributed by atoms with Crippen LogP contribution >= 0.6 is 11.3 Å². The first-order valence-electron chi connectivity index (χ1n) is 6.77. The number of rotatable bonds is 9. The van der Waals surface area contributed by atoms with Crippen LogP contribution in [0.4, 0.5) is 0 Å². The fourth-order valence-corrected chi connectivity index (χ4v) is 2.72. The third-order valence-corrected chi connectivity index (χ3v) is 4.25. The van der Waals surface area contributed by atoms with Crippen LogP contribution in [0, 0.1) is 5.92 Å². The molecule has 0 spiro atoms. The standard InChI is InChI=1S/C14H26N2S/c1-3-5-7-12(4-2)10-16-11-13(15)14-8-6-9-17-14/h6,8-9,12-13,16H,3-5,7,10-11,15H2,1-2H3. The highest BCUT2D eigenvalue weighted by Crippen LogP contribution is 2.16. The van der Waals surface area contributed by atoms with Crippen LogP contribution in [0.25, 0.3) is 0 Å². The zero-order valence-electron chi connectivity index (χ0n) is 11.1. The first-order chi connectivity index (χ1) is 8.27. The van der Waals surface area contributed by atoms with E-state index in [9.17, 15) is 0 Å². The van der Waals surface area contributed by atoms with E-state index in [1.54, 1.807) is 11.3 Å². The Morgan fingerprint density at radius 3 is 2.76 bits per heavy atom. The van der Waals surface area contributed by atoms with Gasteiger partial charge in [0, 0.05) is 11.4 Å². The lowest BCUT2D eigenvalue weighted by atomic mass is 9.99. The van der Waals surface area contributed by atoms with Gasteiger partial charge in [-0.3, -0.25) is 0 Å². The van der Waals surface area contributed by atoms with E-state index in [-0.39, 0.29) is 6.04 Å². The monoisotopic (exact) mass is 254 g/mol. The normalized spacial score (nSPS) is 14.8. The van der Waals surface area contributed by atoms with Crippen LogP contribution < -0.4 is 11.1 Å². The third-order valence-electron chi connectivity index (χ3n) is 3.25. The quantitative estimate of drug-likeness (QED) is 0.707. The van der Waals surface area contributed by atoms with E-state index >= 15 is 0 Å². The highest BCUT2D eigenvalue weighted by Gasteiger charge is 2.09. The lowest BCUT2D eigenvalue weighted by Gasteiger charge is -2.17. The van der Waals surface area contributed by atoms with Crippen molar-refractivity contribution in [2.45, 2.75) is 45.6 Å². The summed E-state index contributed by atoms with van der Waals surface area (Å²) >= 11 is 1.74. The van der Waals surface area contributed by atoms with Gasteiger partial charge < -0.3 is 11.1 Å². The largest absolute Gasteiger partial charge is 0.322 e. The summed E-state index contributed by atoms with van der Waals surface area (Å²) in [6.45, 7) is 6.53. The summed E-state index contributed by atoms with van der Waals surface area (Å²) in [6.07, 6.45) is 5.25. The molecule has 2 atom stereocenters. The summed E-state index contributed by atoms with van der Waals surface area (Å²) in [4.78, 5) is 1.28. The highest BCUT2D eigenvalue weighted by atomic mass is 32.1. The summed E-state index contributed by atoms with van der Waals surface area (Å²) in [5.74, 6) is 0.811. The van der Waals surface area contributed by atoms with E-state index in [0.29, 0.717) is 0 Å². The van der Waals surface area contributed by atoms with Crippen molar-refractivity contribution >= 4 is 11.3 Å². The Hall–Kier alpha value is -0.380. The molecule has 0 aromatic carbocycles. The summed E-state index contributed by atoms with van der Waals surface area (Å²) in [5, 5.41) is 5.60. The molecule has 0 saturated heterocycles. The molecule has 0 radical (unpaired) electrons. The van der Waals surface area contributed by atoms with Crippen LogP contribution in [-0.4, -0.2) is 13.1 Å². The number of thiophene rings is 1. The van der Waals surface area contributed by atoms with Gasteiger partial charge in [0.05, 0.1) is 6.04 Å². The van der Waals surface area contributed by atoms with E-state index < -0.39 is 0 Å². The Kier molecular flexibility index (Phi) is 7.49. The zero-order chi connectivity index (χ0) is 12.5. The Morgan fingerprint density at radius 1 is 1.35 bits per heavy atom. The van der Waals surface area contributed by atoms with Crippen molar-refractivity contribution < 1.29 is 0 Å². The number of hydrogen-bond donors (Lipinski definition) is 2. The first-order valence-corrected chi connectivity index (χ1v) is 7.65. The molecule has 0 bridgehead atoms. The van der Waals surface area contributed by atoms with Gasteiger partial charge >= 0.3 is 0 Å². The van der Waals surface area contributed by atoms with E-state index in [0.717, 1.165) is 19.0 Å². The third kappa shape index (κ3) is 5.66. The molecule has 3 heteroatoms. The Bertz CT molecular complexity index is 272. The second-order valence-corrected chi connectivity index (χ2v) is 5.68. The van der Waals surface area contributed by atoms with E-state index in [1.807, 2.05) is 0 Å². The number of hydrogen-bond acceptors (Lipinski definition) is 3. The van der Waals surface area contributed by atoms with Crippen molar-refractivity contribution in [3.05, 3.63) is 22.4 Å². The maximum atomic E-state index is 6.12. The van der Waals surface area contributed by atoms with Gasteiger partial charge in [0.1, 0.15) is 0 Å². The molecule has 1 aromatic rings. The fraction of sp³-hybridized carbons (Fsp3) is 0.714. The Labute approximate surface area is 110 Å². The van der Waals surface area contributed by atoms with Crippen molar-refractivity contribution in [1.82, 2.24) is 5.32 Å². The molecule has 1 heterocycles. The Balaban J connectivity index is 2.17. The number of nitrogens with two attached hydrogens (primary N) is 1. The van der Waals surface area contributed by atoms with Crippen LogP contribution in [0.2, 0.25) is 0 Å². The molecule has 0 saturated carbocycles. The predicted molar refractivity (Wildman–Crippen MR) is 77.4 cm³/mol. The van der Waals surface area contributed by atoms with Crippen molar-refractivity contribution in [2.75, 3.05) is 13.1 Å². The van der Waals surface area contributed by atoms with Gasteiger partial charge in [-0.2, -0.15) is 0 Å². The zero-order valence-corrected chi connectivity index (χ0v) is 11.9. The van der Waals surface area contributed by atoms with E-state index in [2.05, 4.69) is 36.7 Å². The topological polar surface area (TPSA) is 38.0 Å². The van der Waals surface area contributed by atoms with Gasteiger partial charge in [0.2, 0.25) is 0 Å². The van der Waals surface area contributed by atoms with Gasteiger partial charge in [0.25, 0.3) is 0 Å². The maximum Gasteiger partial charge on any atom is 0.0516 e. The molecule has 0 aliphatic carbocycles. The lowest BCUT2D eigenvalue weighted by Crippen LogP contribution is -2.30. The molecule has 0 aliphatic rings. The van der Waals surface area contributed by atoms with Gasteiger partial charge in [0.15, 0.2) is 0 Å². The first kappa shape index (κ1) is 14.7. The minimum atomic E-state index is 0.152. The average molecular weight is 254 g/mol. The lowest BCUT2D eigenvalue weighted by molar-refractivity contribution is 0.413. The second-order valence-electron chi connectivity index (χ2n) is 4.70. The van der Waals surface area contributed by atoms with E-state index in [1.165, 1.54) is 30.6 Å². The fourth-order valence-electron chi connectivity index (χ4n) is 1.99. The maximum absolute atomic E-state index is 6.12. The smallest absolute Gasteiger partial charge is 0.0516 e. The van der Waals surface area contributed by atoms with E-state index in [4.69, 9.17) is 5.73 Å². The molecule has 2 unspecified atom stereocenters. The summed E-state index contributed by atoms with van der Waals surface area (Å²) in [7, 11) is 0. The van der Waals surface area contributed by atoms with Crippen LogP contribution in [0.1, 0.15) is 50.4 Å². The molecular weight excluding hydrogens is 228 g/mol. The predicted octanol–water partition coefficient (Wildman–Crippen LogP) is 3.55. The second kappa shape index (κ2) is 8.67. The molecule has 1 aromatic heterocycles. The van der Waals surface area contributed by atoms with Crippen LogP contribution in [-0.2, 0) is 0 Å². The SMILES string of the molecule is CCCCC(CC)CNCC(N)c1cccs1. The molecule has 2 nitrogen and oxygen atoms in total. The number of nitrogens with one attached hydrogen (secondary N) is 1. The molecule has 1 rings (SSSR count). The molecule has 0 fully saturated rings. The van der Waals surface area contributed by atoms with Crippen molar-refractivity contribution in [3.8, 4) is 0 Å². The van der Waals surface area contributed by atoms with Crippen molar-refractivity contribution in [3.63, 3.8) is 0 Å². The van der Waals surface area contributed by atoms with Crippen LogP contribution in [0.15, 0.2) is 17.5 Å². The molecule has 17 heavy (non-hydrogen) atoms. The molecule has 98 valence electrons. The average Bonchev–Trinajstić information content (AvgIpc) is 2.87. The van der Waals surface area contributed by atoms with Crippen LogP contribution in [0.5, 0.6) is 0 Å². The summed E-state index contributed by atoms with van der Waals surface area (Å²) in [6, 6.07) is 4.33. The van der Waals surface area contributed by atoms with Crippen molar-refractivity contribution in [1.29, 1.82) is 0 Å². The van der Waals surface area contributed by atoms with Gasteiger partial charge in [-0.05, 0) is 30.3 Å². The number of unbranched alkanes of at least 4 members (excludes halogenated alkanes) is 1. The minimum Gasteiger partial charge on any atom is -0.322 e.